The van der Waals surface area contributed by atoms with Crippen LogP contribution in [0.1, 0.15) is 34.4 Å². The van der Waals surface area contributed by atoms with Crippen molar-refractivity contribution in [2.75, 3.05) is 7.11 Å². The van der Waals surface area contributed by atoms with Gasteiger partial charge in [-0.15, -0.1) is 0 Å². The Labute approximate surface area is 100.0 Å². The van der Waals surface area contributed by atoms with Gasteiger partial charge in [0, 0.05) is 4.83 Å². The Morgan fingerprint density at radius 3 is 2.20 bits per heavy atom. The van der Waals surface area contributed by atoms with Crippen molar-refractivity contribution < 1.29 is 4.74 Å². The van der Waals surface area contributed by atoms with Gasteiger partial charge in [-0.25, -0.2) is 0 Å². The van der Waals surface area contributed by atoms with E-state index in [9.17, 15) is 0 Å². The number of benzene rings is 1. The third-order valence-corrected chi connectivity index (χ3v) is 4.32. The molecule has 1 aliphatic carbocycles. The minimum Gasteiger partial charge on any atom is -0.496 e. The second kappa shape index (κ2) is 4.17. The molecule has 15 heavy (non-hydrogen) atoms. The third kappa shape index (κ3) is 2.20. The van der Waals surface area contributed by atoms with Gasteiger partial charge in [0.05, 0.1) is 7.11 Å². The highest BCUT2D eigenvalue weighted by atomic mass is 79.9. The molecular weight excluding hydrogens is 252 g/mol. The van der Waals surface area contributed by atoms with E-state index < -0.39 is 0 Å². The van der Waals surface area contributed by atoms with Gasteiger partial charge >= 0.3 is 0 Å². The first-order valence-electron chi connectivity index (χ1n) is 5.42. The maximum atomic E-state index is 5.37. The zero-order valence-corrected chi connectivity index (χ0v) is 11.1. The number of aryl methyl sites for hydroxylation is 2. The summed E-state index contributed by atoms with van der Waals surface area (Å²) in [5, 5.41) is 0. The van der Waals surface area contributed by atoms with Gasteiger partial charge in [0.1, 0.15) is 5.75 Å². The predicted octanol–water partition coefficient (Wildman–Crippen LogP) is 4.16. The van der Waals surface area contributed by atoms with Crippen LogP contribution >= 0.6 is 15.9 Å². The first-order chi connectivity index (χ1) is 7.13. The Morgan fingerprint density at radius 2 is 1.80 bits per heavy atom. The van der Waals surface area contributed by atoms with Gasteiger partial charge in [0.15, 0.2) is 0 Å². The minimum absolute atomic E-state index is 0.529. The average molecular weight is 269 g/mol. The molecule has 1 saturated carbocycles. The van der Waals surface area contributed by atoms with Gasteiger partial charge in [-0.05, 0) is 49.3 Å². The van der Waals surface area contributed by atoms with Crippen molar-refractivity contribution in [2.24, 2.45) is 5.92 Å². The largest absolute Gasteiger partial charge is 0.496 e. The molecule has 1 aliphatic rings. The number of hydrogen-bond acceptors (Lipinski definition) is 1. The van der Waals surface area contributed by atoms with Crippen LogP contribution in [0.3, 0.4) is 0 Å². The molecule has 1 aromatic rings. The molecule has 1 unspecified atom stereocenters. The van der Waals surface area contributed by atoms with Gasteiger partial charge in [-0.2, -0.15) is 0 Å². The number of methoxy groups -OCH3 is 1. The van der Waals surface area contributed by atoms with Crippen molar-refractivity contribution in [3.8, 4) is 5.75 Å². The van der Waals surface area contributed by atoms with Gasteiger partial charge in [-0.1, -0.05) is 28.1 Å². The van der Waals surface area contributed by atoms with Crippen molar-refractivity contribution in [1.82, 2.24) is 0 Å². The van der Waals surface area contributed by atoms with E-state index in [1.54, 1.807) is 7.11 Å². The lowest BCUT2D eigenvalue weighted by Crippen LogP contribution is -1.97. The van der Waals surface area contributed by atoms with Crippen LogP contribution in [0.15, 0.2) is 12.1 Å². The lowest BCUT2D eigenvalue weighted by molar-refractivity contribution is 0.408. The van der Waals surface area contributed by atoms with Crippen LogP contribution in [0.2, 0.25) is 0 Å². The van der Waals surface area contributed by atoms with Gasteiger partial charge in [-0.3, -0.25) is 0 Å². The molecule has 2 rings (SSSR count). The van der Waals surface area contributed by atoms with Gasteiger partial charge in [0.2, 0.25) is 0 Å². The number of alkyl halides is 1. The molecule has 1 aromatic carbocycles. The molecule has 0 heterocycles. The highest BCUT2D eigenvalue weighted by Crippen LogP contribution is 2.47. The van der Waals surface area contributed by atoms with E-state index in [-0.39, 0.29) is 0 Å². The highest BCUT2D eigenvalue weighted by molar-refractivity contribution is 9.09. The molecule has 0 saturated heterocycles. The molecule has 82 valence electrons. The maximum Gasteiger partial charge on any atom is 0.124 e. The fraction of sp³-hybridized carbons (Fsp3) is 0.538. The van der Waals surface area contributed by atoms with E-state index in [2.05, 4.69) is 41.9 Å². The number of halogens is 1. The van der Waals surface area contributed by atoms with Crippen LogP contribution in [0.5, 0.6) is 5.75 Å². The molecular formula is C13H17BrO. The molecule has 1 nitrogen and oxygen atoms in total. The van der Waals surface area contributed by atoms with E-state index in [0.29, 0.717) is 4.83 Å². The van der Waals surface area contributed by atoms with E-state index in [1.807, 2.05) is 0 Å². The average Bonchev–Trinajstić information content (AvgIpc) is 2.99. The summed E-state index contributed by atoms with van der Waals surface area (Å²) in [4.78, 5) is 0.529. The Balaban J connectivity index is 2.33. The fourth-order valence-electron chi connectivity index (χ4n) is 2.13. The van der Waals surface area contributed by atoms with Crippen molar-refractivity contribution >= 4 is 15.9 Å². The van der Waals surface area contributed by atoms with Crippen molar-refractivity contribution in [2.45, 2.75) is 31.5 Å². The summed E-state index contributed by atoms with van der Waals surface area (Å²) >= 11 is 3.79. The molecule has 0 radical (unpaired) electrons. The number of rotatable bonds is 3. The normalized spacial score (nSPS) is 17.6. The second-order valence-electron chi connectivity index (χ2n) is 4.43. The van der Waals surface area contributed by atoms with Crippen LogP contribution in [0, 0.1) is 19.8 Å². The summed E-state index contributed by atoms with van der Waals surface area (Å²) in [6.45, 7) is 4.23. The number of ether oxygens (including phenoxy) is 1. The topological polar surface area (TPSA) is 9.23 Å². The van der Waals surface area contributed by atoms with E-state index in [4.69, 9.17) is 4.74 Å². The summed E-state index contributed by atoms with van der Waals surface area (Å²) in [5.74, 6) is 1.87. The van der Waals surface area contributed by atoms with Crippen LogP contribution in [-0.2, 0) is 0 Å². The summed E-state index contributed by atoms with van der Waals surface area (Å²) in [6.07, 6.45) is 2.72. The molecule has 2 heteroatoms. The number of hydrogen-bond donors (Lipinski definition) is 0. The van der Waals surface area contributed by atoms with Gasteiger partial charge < -0.3 is 4.74 Å². The first kappa shape index (κ1) is 11.0. The van der Waals surface area contributed by atoms with Crippen molar-refractivity contribution in [3.63, 3.8) is 0 Å². The highest BCUT2D eigenvalue weighted by Gasteiger charge is 2.30. The smallest absolute Gasteiger partial charge is 0.124 e. The summed E-state index contributed by atoms with van der Waals surface area (Å²) in [7, 11) is 1.74. The van der Waals surface area contributed by atoms with Crippen LogP contribution < -0.4 is 4.74 Å². The Hall–Kier alpha value is -0.500. The SMILES string of the molecule is COc1c(C)cc(C(Br)C2CC2)cc1C. The molecule has 1 atom stereocenters. The lowest BCUT2D eigenvalue weighted by Gasteiger charge is -2.14. The zero-order valence-electron chi connectivity index (χ0n) is 9.51. The van der Waals surface area contributed by atoms with Crippen LogP contribution in [0.25, 0.3) is 0 Å². The monoisotopic (exact) mass is 268 g/mol. The van der Waals surface area contributed by atoms with E-state index in [1.165, 1.54) is 29.5 Å². The Kier molecular flexibility index (Phi) is 3.06. The van der Waals surface area contributed by atoms with E-state index >= 15 is 0 Å². The predicted molar refractivity (Wildman–Crippen MR) is 66.9 cm³/mol. The molecule has 0 amide bonds. The van der Waals surface area contributed by atoms with Crippen molar-refractivity contribution in [3.05, 3.63) is 28.8 Å². The summed E-state index contributed by atoms with van der Waals surface area (Å²) in [6, 6.07) is 4.48. The lowest BCUT2D eigenvalue weighted by atomic mass is 10.0. The Bertz CT molecular complexity index is 346. The maximum absolute atomic E-state index is 5.37. The van der Waals surface area contributed by atoms with Gasteiger partial charge in [0.25, 0.3) is 0 Å². The molecule has 0 spiro atoms. The summed E-state index contributed by atoms with van der Waals surface area (Å²) in [5.41, 5.74) is 3.86. The third-order valence-electron chi connectivity index (χ3n) is 3.04. The Morgan fingerprint density at radius 1 is 1.27 bits per heavy atom. The van der Waals surface area contributed by atoms with Crippen LogP contribution in [0.4, 0.5) is 0 Å². The molecule has 0 bridgehead atoms. The quantitative estimate of drug-likeness (QED) is 0.749. The minimum atomic E-state index is 0.529. The fourth-order valence-corrected chi connectivity index (χ4v) is 2.92. The molecule has 0 aliphatic heterocycles. The molecule has 1 fully saturated rings. The second-order valence-corrected chi connectivity index (χ2v) is 5.41. The van der Waals surface area contributed by atoms with Crippen molar-refractivity contribution in [1.29, 1.82) is 0 Å². The zero-order chi connectivity index (χ0) is 11.0. The standard InChI is InChI=1S/C13H17BrO/c1-8-6-11(12(14)10-4-5-10)7-9(2)13(8)15-3/h6-7,10,12H,4-5H2,1-3H3. The molecule has 0 N–H and O–H groups in total. The first-order valence-corrected chi connectivity index (χ1v) is 6.34. The van der Waals surface area contributed by atoms with Crippen LogP contribution in [-0.4, -0.2) is 7.11 Å². The summed E-state index contributed by atoms with van der Waals surface area (Å²) < 4.78 is 5.37. The van der Waals surface area contributed by atoms with E-state index in [0.717, 1.165) is 11.7 Å². The molecule has 0 aromatic heterocycles.